The number of carbonyl (C=O) groups excluding carboxylic acids is 2. The minimum absolute atomic E-state index is 0.0886. The number of halogens is 1. The van der Waals surface area contributed by atoms with Gasteiger partial charge < -0.3 is 19.5 Å². The summed E-state index contributed by atoms with van der Waals surface area (Å²) in [6.07, 6.45) is 2.94. The fourth-order valence-electron chi connectivity index (χ4n) is 2.86. The Morgan fingerprint density at radius 3 is 2.47 bits per heavy atom. The minimum atomic E-state index is -0.476. The second-order valence-electron chi connectivity index (χ2n) is 6.70. The Morgan fingerprint density at radius 2 is 1.72 bits per heavy atom. The lowest BCUT2D eigenvalue weighted by Crippen LogP contribution is -2.11. The van der Waals surface area contributed by atoms with E-state index in [0.29, 0.717) is 22.6 Å². The van der Waals surface area contributed by atoms with E-state index >= 15 is 0 Å². The molecular weight excluding hydrogens is 413 g/mol. The van der Waals surface area contributed by atoms with Crippen molar-refractivity contribution >= 4 is 23.6 Å². The van der Waals surface area contributed by atoms with Crippen molar-refractivity contribution < 1.29 is 28.2 Å². The van der Waals surface area contributed by atoms with Gasteiger partial charge in [0.1, 0.15) is 6.61 Å². The number of carbonyl (C=O) groups is 2. The second-order valence-corrected chi connectivity index (χ2v) is 6.70. The minimum Gasteiger partial charge on any atom is -0.493 e. The number of anilines is 1. The lowest BCUT2D eigenvalue weighted by atomic mass is 10.1. The van der Waals surface area contributed by atoms with Gasteiger partial charge in [-0.15, -0.1) is 0 Å². The van der Waals surface area contributed by atoms with Crippen LogP contribution in [0.1, 0.15) is 18.1 Å². The normalized spacial score (nSPS) is 10.6. The molecule has 164 valence electrons. The van der Waals surface area contributed by atoms with Crippen molar-refractivity contribution in [1.82, 2.24) is 0 Å². The van der Waals surface area contributed by atoms with Gasteiger partial charge in [-0.25, -0.2) is 4.39 Å². The van der Waals surface area contributed by atoms with Crippen molar-refractivity contribution in [3.63, 3.8) is 0 Å². The number of ether oxygens (including phenoxy) is 3. The molecular formula is C25H22FNO5. The molecule has 0 spiro atoms. The Bertz CT molecular complexity index is 1140. The molecule has 0 bridgehead atoms. The number of hydrogen-bond acceptors (Lipinski definition) is 5. The summed E-state index contributed by atoms with van der Waals surface area (Å²) in [5.41, 5.74) is 1.89. The average Bonchev–Trinajstić information content (AvgIpc) is 2.78. The van der Waals surface area contributed by atoms with E-state index in [4.69, 9.17) is 14.2 Å². The van der Waals surface area contributed by atoms with Gasteiger partial charge in [-0.05, 0) is 42.0 Å². The van der Waals surface area contributed by atoms with E-state index in [1.54, 1.807) is 60.7 Å². The third-order valence-corrected chi connectivity index (χ3v) is 4.36. The average molecular weight is 435 g/mol. The maximum absolute atomic E-state index is 13.8. The molecule has 3 aromatic carbocycles. The molecule has 6 nitrogen and oxygen atoms in total. The Labute approximate surface area is 185 Å². The molecule has 0 aliphatic heterocycles. The van der Waals surface area contributed by atoms with Gasteiger partial charge in [-0.3, -0.25) is 9.59 Å². The molecule has 1 amide bonds. The van der Waals surface area contributed by atoms with Crippen LogP contribution in [0.3, 0.4) is 0 Å². The van der Waals surface area contributed by atoms with Crippen LogP contribution < -0.4 is 19.5 Å². The summed E-state index contributed by atoms with van der Waals surface area (Å²) in [6, 6.07) is 18.2. The quantitative estimate of drug-likeness (QED) is 0.307. The topological polar surface area (TPSA) is 73.9 Å². The Kier molecular flexibility index (Phi) is 7.59. The van der Waals surface area contributed by atoms with E-state index in [-0.39, 0.29) is 24.0 Å². The Morgan fingerprint density at radius 1 is 0.969 bits per heavy atom. The van der Waals surface area contributed by atoms with E-state index in [1.165, 1.54) is 32.2 Å². The fraction of sp³-hybridized carbons (Fsp3) is 0.120. The van der Waals surface area contributed by atoms with E-state index in [2.05, 4.69) is 5.32 Å². The third kappa shape index (κ3) is 6.18. The maximum Gasteiger partial charge on any atom is 0.308 e. The Balaban J connectivity index is 1.68. The van der Waals surface area contributed by atoms with Crippen LogP contribution >= 0.6 is 0 Å². The summed E-state index contributed by atoms with van der Waals surface area (Å²) < 4.78 is 29.6. The molecule has 0 atom stereocenters. The molecule has 0 saturated carbocycles. The second kappa shape index (κ2) is 10.8. The van der Waals surface area contributed by atoms with Crippen molar-refractivity contribution in [3.8, 4) is 17.2 Å². The number of methoxy groups -OCH3 is 1. The number of para-hydroxylation sites is 2. The molecule has 0 saturated heterocycles. The van der Waals surface area contributed by atoms with Crippen molar-refractivity contribution in [1.29, 1.82) is 0 Å². The number of amides is 1. The van der Waals surface area contributed by atoms with Gasteiger partial charge in [0.05, 0.1) is 7.11 Å². The van der Waals surface area contributed by atoms with Crippen molar-refractivity contribution in [3.05, 3.63) is 89.8 Å². The first-order chi connectivity index (χ1) is 15.5. The number of benzene rings is 3. The molecule has 3 rings (SSSR count). The SMILES string of the molecule is COc1ccc(C=CC(=O)Nc2ccccc2COc2ccccc2F)cc1OC(C)=O. The van der Waals surface area contributed by atoms with Gasteiger partial charge in [0, 0.05) is 24.3 Å². The summed E-state index contributed by atoms with van der Waals surface area (Å²) in [4.78, 5) is 23.7. The van der Waals surface area contributed by atoms with E-state index < -0.39 is 11.8 Å². The lowest BCUT2D eigenvalue weighted by Gasteiger charge is -2.12. The highest BCUT2D eigenvalue weighted by Gasteiger charge is 2.09. The summed E-state index contributed by atoms with van der Waals surface area (Å²) in [7, 11) is 1.47. The molecule has 7 heteroatoms. The summed E-state index contributed by atoms with van der Waals surface area (Å²) >= 11 is 0. The molecule has 3 aromatic rings. The van der Waals surface area contributed by atoms with Crippen LogP contribution in [-0.2, 0) is 16.2 Å². The van der Waals surface area contributed by atoms with E-state index in [1.807, 2.05) is 0 Å². The Hall–Kier alpha value is -4.13. The highest BCUT2D eigenvalue weighted by atomic mass is 19.1. The smallest absolute Gasteiger partial charge is 0.308 e. The number of esters is 1. The summed E-state index contributed by atoms with van der Waals surface area (Å²) in [5.74, 6) is -0.491. The molecule has 0 unspecified atom stereocenters. The van der Waals surface area contributed by atoms with Crippen molar-refractivity contribution in [2.45, 2.75) is 13.5 Å². The fourth-order valence-corrected chi connectivity index (χ4v) is 2.86. The monoisotopic (exact) mass is 435 g/mol. The van der Waals surface area contributed by atoms with Gasteiger partial charge in [-0.1, -0.05) is 36.4 Å². The first kappa shape index (κ1) is 22.6. The molecule has 32 heavy (non-hydrogen) atoms. The maximum atomic E-state index is 13.8. The number of hydrogen-bond donors (Lipinski definition) is 1. The lowest BCUT2D eigenvalue weighted by molar-refractivity contribution is -0.132. The molecule has 0 aromatic heterocycles. The van der Waals surface area contributed by atoms with Crippen molar-refractivity contribution in [2.75, 3.05) is 12.4 Å². The summed E-state index contributed by atoms with van der Waals surface area (Å²) in [5, 5.41) is 2.79. The largest absolute Gasteiger partial charge is 0.493 e. The van der Waals surface area contributed by atoms with E-state index in [0.717, 1.165) is 0 Å². The van der Waals surface area contributed by atoms with E-state index in [9.17, 15) is 14.0 Å². The zero-order valence-electron chi connectivity index (χ0n) is 17.6. The van der Waals surface area contributed by atoms with Gasteiger partial charge in [0.25, 0.3) is 0 Å². The van der Waals surface area contributed by atoms with Crippen molar-refractivity contribution in [2.24, 2.45) is 0 Å². The zero-order chi connectivity index (χ0) is 22.9. The number of nitrogens with one attached hydrogen (secondary N) is 1. The highest BCUT2D eigenvalue weighted by Crippen LogP contribution is 2.28. The molecule has 0 heterocycles. The van der Waals surface area contributed by atoms with Crippen LogP contribution in [0.5, 0.6) is 17.2 Å². The van der Waals surface area contributed by atoms with Crippen LogP contribution in [-0.4, -0.2) is 19.0 Å². The first-order valence-corrected chi connectivity index (χ1v) is 9.77. The molecule has 0 fully saturated rings. The van der Waals surface area contributed by atoms with Crippen LogP contribution in [0, 0.1) is 5.82 Å². The predicted molar refractivity (Wildman–Crippen MR) is 119 cm³/mol. The van der Waals surface area contributed by atoms with Gasteiger partial charge in [0.2, 0.25) is 5.91 Å². The number of rotatable bonds is 8. The van der Waals surface area contributed by atoms with Gasteiger partial charge in [-0.2, -0.15) is 0 Å². The first-order valence-electron chi connectivity index (χ1n) is 9.77. The highest BCUT2D eigenvalue weighted by molar-refractivity contribution is 6.02. The van der Waals surface area contributed by atoms with Crippen LogP contribution in [0.2, 0.25) is 0 Å². The zero-order valence-corrected chi connectivity index (χ0v) is 17.6. The van der Waals surface area contributed by atoms with Gasteiger partial charge in [0.15, 0.2) is 23.1 Å². The van der Waals surface area contributed by atoms with Crippen LogP contribution in [0.4, 0.5) is 10.1 Å². The molecule has 0 radical (unpaired) electrons. The standard InChI is InChI=1S/C25H22FNO5/c1-17(28)32-24-15-18(11-13-23(24)30-2)12-14-25(29)27-21-9-5-3-7-19(21)16-31-22-10-6-4-8-20(22)26/h3-15H,16H2,1-2H3,(H,27,29). The third-order valence-electron chi connectivity index (χ3n) is 4.36. The van der Waals surface area contributed by atoms with Crippen LogP contribution in [0.15, 0.2) is 72.8 Å². The van der Waals surface area contributed by atoms with Gasteiger partial charge >= 0.3 is 5.97 Å². The van der Waals surface area contributed by atoms with Crippen LogP contribution in [0.25, 0.3) is 6.08 Å². The molecule has 0 aliphatic carbocycles. The molecule has 1 N–H and O–H groups in total. The summed E-state index contributed by atoms with van der Waals surface area (Å²) in [6.45, 7) is 1.38. The predicted octanol–water partition coefficient (Wildman–Crippen LogP) is 4.99. The molecule has 0 aliphatic rings.